The van der Waals surface area contributed by atoms with Crippen LogP contribution in [0, 0.1) is 0 Å². The zero-order valence-electron chi connectivity index (χ0n) is 12.2. The zero-order chi connectivity index (χ0) is 14.4. The predicted molar refractivity (Wildman–Crippen MR) is 78.0 cm³/mol. The van der Waals surface area contributed by atoms with Gasteiger partial charge in [0.15, 0.2) is 0 Å². The standard InChI is InChI=1S/C14H24N4O/c1-10(2)18(11(3)4)9-8-17-14(19)12-6-5-7-16-13(12)15/h5-7,10-11H,8-9H2,1-4H3,(H2,15,16)(H,17,19). The van der Waals surface area contributed by atoms with Crippen LogP contribution in [0.2, 0.25) is 0 Å². The molecular formula is C14H24N4O. The highest BCUT2D eigenvalue weighted by molar-refractivity contribution is 5.98. The summed E-state index contributed by atoms with van der Waals surface area (Å²) in [6, 6.07) is 4.31. The molecule has 0 atom stereocenters. The van der Waals surface area contributed by atoms with Gasteiger partial charge < -0.3 is 11.1 Å². The molecule has 0 aliphatic carbocycles. The fraction of sp³-hybridized carbons (Fsp3) is 0.571. The number of amides is 1. The van der Waals surface area contributed by atoms with Gasteiger partial charge in [-0.15, -0.1) is 0 Å². The normalized spacial score (nSPS) is 11.3. The molecule has 1 amide bonds. The van der Waals surface area contributed by atoms with Gasteiger partial charge >= 0.3 is 0 Å². The van der Waals surface area contributed by atoms with Crippen molar-refractivity contribution in [2.24, 2.45) is 0 Å². The summed E-state index contributed by atoms with van der Waals surface area (Å²) in [6.45, 7) is 10.0. The number of hydrogen-bond acceptors (Lipinski definition) is 4. The molecule has 0 aliphatic heterocycles. The summed E-state index contributed by atoms with van der Waals surface area (Å²) in [5, 5.41) is 2.88. The van der Waals surface area contributed by atoms with E-state index in [1.165, 1.54) is 0 Å². The number of rotatable bonds is 6. The van der Waals surface area contributed by atoms with Gasteiger partial charge in [-0.3, -0.25) is 9.69 Å². The molecule has 0 bridgehead atoms. The topological polar surface area (TPSA) is 71.2 Å². The second kappa shape index (κ2) is 7.09. The minimum absolute atomic E-state index is 0.168. The number of nitrogens with zero attached hydrogens (tertiary/aromatic N) is 2. The van der Waals surface area contributed by atoms with E-state index < -0.39 is 0 Å². The first-order chi connectivity index (χ1) is 8.93. The molecule has 0 saturated carbocycles. The Morgan fingerprint density at radius 2 is 2.00 bits per heavy atom. The first-order valence-electron chi connectivity index (χ1n) is 6.68. The van der Waals surface area contributed by atoms with E-state index in [0.717, 1.165) is 6.54 Å². The molecule has 1 aromatic heterocycles. The Kier molecular flexibility index (Phi) is 5.76. The van der Waals surface area contributed by atoms with Crippen LogP contribution in [0.5, 0.6) is 0 Å². The van der Waals surface area contributed by atoms with E-state index in [2.05, 4.69) is 42.9 Å². The van der Waals surface area contributed by atoms with Crippen LogP contribution >= 0.6 is 0 Å². The summed E-state index contributed by atoms with van der Waals surface area (Å²) in [5.74, 6) is 0.0997. The molecule has 0 fully saturated rings. The number of anilines is 1. The number of carbonyl (C=O) groups excluding carboxylic acids is 1. The van der Waals surface area contributed by atoms with Gasteiger partial charge in [0.05, 0.1) is 5.56 Å². The summed E-state index contributed by atoms with van der Waals surface area (Å²) in [4.78, 5) is 18.2. The van der Waals surface area contributed by atoms with Crippen molar-refractivity contribution < 1.29 is 4.79 Å². The van der Waals surface area contributed by atoms with Gasteiger partial charge in [0.2, 0.25) is 0 Å². The predicted octanol–water partition coefficient (Wildman–Crippen LogP) is 1.51. The monoisotopic (exact) mass is 264 g/mol. The molecule has 1 heterocycles. The molecule has 0 aromatic carbocycles. The van der Waals surface area contributed by atoms with Crippen LogP contribution in [-0.2, 0) is 0 Å². The molecule has 5 heteroatoms. The van der Waals surface area contributed by atoms with Crippen molar-refractivity contribution in [3.05, 3.63) is 23.9 Å². The van der Waals surface area contributed by atoms with Gasteiger partial charge in [-0.25, -0.2) is 4.98 Å². The second-order valence-electron chi connectivity index (χ2n) is 5.12. The summed E-state index contributed by atoms with van der Waals surface area (Å²) in [5.41, 5.74) is 6.10. The summed E-state index contributed by atoms with van der Waals surface area (Å²) < 4.78 is 0. The maximum atomic E-state index is 11.9. The molecule has 0 saturated heterocycles. The van der Waals surface area contributed by atoms with E-state index in [1.54, 1.807) is 18.3 Å². The van der Waals surface area contributed by atoms with Crippen LogP contribution in [0.3, 0.4) is 0 Å². The van der Waals surface area contributed by atoms with Crippen molar-refractivity contribution in [2.45, 2.75) is 39.8 Å². The average Bonchev–Trinajstić information content (AvgIpc) is 2.33. The first kappa shape index (κ1) is 15.4. The smallest absolute Gasteiger partial charge is 0.255 e. The summed E-state index contributed by atoms with van der Waals surface area (Å²) >= 11 is 0. The number of nitrogens with two attached hydrogens (primary N) is 1. The van der Waals surface area contributed by atoms with E-state index in [1.807, 2.05) is 0 Å². The maximum Gasteiger partial charge on any atom is 0.255 e. The lowest BCUT2D eigenvalue weighted by atomic mass is 10.2. The zero-order valence-corrected chi connectivity index (χ0v) is 12.2. The lowest BCUT2D eigenvalue weighted by Gasteiger charge is -2.30. The Hall–Kier alpha value is -1.62. The molecule has 19 heavy (non-hydrogen) atoms. The quantitative estimate of drug-likeness (QED) is 0.817. The Morgan fingerprint density at radius 3 is 2.53 bits per heavy atom. The fourth-order valence-corrected chi connectivity index (χ4v) is 2.12. The number of carbonyl (C=O) groups is 1. The third-order valence-corrected chi connectivity index (χ3v) is 3.07. The molecule has 1 aromatic rings. The highest BCUT2D eigenvalue weighted by atomic mass is 16.1. The third-order valence-electron chi connectivity index (χ3n) is 3.07. The minimum atomic E-state index is -0.168. The van der Waals surface area contributed by atoms with Gasteiger partial charge in [-0.05, 0) is 39.8 Å². The molecule has 0 radical (unpaired) electrons. The highest BCUT2D eigenvalue weighted by Gasteiger charge is 2.14. The molecule has 1 rings (SSSR count). The summed E-state index contributed by atoms with van der Waals surface area (Å²) in [6.07, 6.45) is 1.57. The van der Waals surface area contributed by atoms with Gasteiger partial charge in [-0.2, -0.15) is 0 Å². The van der Waals surface area contributed by atoms with Gasteiger partial charge in [0.1, 0.15) is 5.82 Å². The van der Waals surface area contributed by atoms with E-state index in [0.29, 0.717) is 24.2 Å². The van der Waals surface area contributed by atoms with E-state index in [4.69, 9.17) is 5.73 Å². The Bertz CT molecular complexity index is 410. The molecule has 3 N–H and O–H groups in total. The SMILES string of the molecule is CC(C)N(CCNC(=O)c1cccnc1N)C(C)C. The number of hydrogen-bond donors (Lipinski definition) is 2. The molecule has 106 valence electrons. The van der Waals surface area contributed by atoms with Gasteiger partial charge in [0.25, 0.3) is 5.91 Å². The van der Waals surface area contributed by atoms with E-state index >= 15 is 0 Å². The van der Waals surface area contributed by atoms with Crippen LogP contribution in [-0.4, -0.2) is 41.0 Å². The van der Waals surface area contributed by atoms with Crippen molar-refractivity contribution in [2.75, 3.05) is 18.8 Å². The lowest BCUT2D eigenvalue weighted by molar-refractivity contribution is 0.0940. The van der Waals surface area contributed by atoms with Crippen molar-refractivity contribution in [1.82, 2.24) is 15.2 Å². The Balaban J connectivity index is 2.49. The van der Waals surface area contributed by atoms with Crippen molar-refractivity contribution in [3.8, 4) is 0 Å². The molecule has 0 unspecified atom stereocenters. The van der Waals surface area contributed by atoms with Crippen LogP contribution in [0.15, 0.2) is 18.3 Å². The van der Waals surface area contributed by atoms with Crippen LogP contribution in [0.1, 0.15) is 38.1 Å². The number of nitrogen functional groups attached to an aromatic ring is 1. The van der Waals surface area contributed by atoms with Crippen molar-refractivity contribution >= 4 is 11.7 Å². The Morgan fingerprint density at radius 1 is 1.37 bits per heavy atom. The third kappa shape index (κ3) is 4.52. The lowest BCUT2D eigenvalue weighted by Crippen LogP contribution is -2.42. The largest absolute Gasteiger partial charge is 0.383 e. The fourth-order valence-electron chi connectivity index (χ4n) is 2.12. The molecule has 0 aliphatic rings. The van der Waals surface area contributed by atoms with Crippen LogP contribution in [0.25, 0.3) is 0 Å². The van der Waals surface area contributed by atoms with E-state index in [9.17, 15) is 4.79 Å². The molecule has 0 spiro atoms. The van der Waals surface area contributed by atoms with Crippen molar-refractivity contribution in [1.29, 1.82) is 0 Å². The highest BCUT2D eigenvalue weighted by Crippen LogP contribution is 2.07. The van der Waals surface area contributed by atoms with Crippen LogP contribution < -0.4 is 11.1 Å². The number of pyridine rings is 1. The number of aromatic nitrogens is 1. The molecular weight excluding hydrogens is 240 g/mol. The summed E-state index contributed by atoms with van der Waals surface area (Å²) in [7, 11) is 0. The second-order valence-corrected chi connectivity index (χ2v) is 5.12. The van der Waals surface area contributed by atoms with Gasteiger partial charge in [0, 0.05) is 31.4 Å². The van der Waals surface area contributed by atoms with Crippen molar-refractivity contribution in [3.63, 3.8) is 0 Å². The van der Waals surface area contributed by atoms with Gasteiger partial charge in [-0.1, -0.05) is 0 Å². The van der Waals surface area contributed by atoms with Crippen LogP contribution in [0.4, 0.5) is 5.82 Å². The minimum Gasteiger partial charge on any atom is -0.383 e. The number of nitrogens with one attached hydrogen (secondary N) is 1. The first-order valence-corrected chi connectivity index (χ1v) is 6.68. The molecule has 5 nitrogen and oxygen atoms in total. The maximum absolute atomic E-state index is 11.9. The average molecular weight is 264 g/mol. The Labute approximate surface area is 115 Å². The van der Waals surface area contributed by atoms with E-state index in [-0.39, 0.29) is 11.7 Å².